The van der Waals surface area contributed by atoms with Gasteiger partial charge in [0.25, 0.3) is 0 Å². The Morgan fingerprint density at radius 1 is 1.06 bits per heavy atom. The van der Waals surface area contributed by atoms with E-state index in [4.69, 9.17) is 4.74 Å². The van der Waals surface area contributed by atoms with Gasteiger partial charge in [0, 0.05) is 18.2 Å². The summed E-state index contributed by atoms with van der Waals surface area (Å²) in [6.45, 7) is 2.09. The molecule has 1 atom stereocenters. The first-order chi connectivity index (χ1) is 14.9. The van der Waals surface area contributed by atoms with Crippen molar-refractivity contribution in [3.8, 4) is 17.2 Å². The second-order valence-corrected chi connectivity index (χ2v) is 7.42. The molecule has 1 heterocycles. The lowest BCUT2D eigenvalue weighted by Gasteiger charge is -2.19. The third kappa shape index (κ3) is 3.83. The number of benzene rings is 3. The summed E-state index contributed by atoms with van der Waals surface area (Å²) in [6, 6.07) is 14.3. The van der Waals surface area contributed by atoms with Gasteiger partial charge in [-0.3, -0.25) is 10.1 Å². The second kappa shape index (κ2) is 8.12. The van der Waals surface area contributed by atoms with E-state index in [9.17, 15) is 24.9 Å². The van der Waals surface area contributed by atoms with Crippen LogP contribution < -0.4 is 10.1 Å². The van der Waals surface area contributed by atoms with Gasteiger partial charge in [-0.2, -0.15) is 0 Å². The van der Waals surface area contributed by atoms with Crippen molar-refractivity contribution < 1.29 is 29.6 Å². The van der Waals surface area contributed by atoms with Crippen LogP contribution in [0.4, 0.5) is 0 Å². The highest BCUT2D eigenvalue weighted by atomic mass is 16.5. The summed E-state index contributed by atoms with van der Waals surface area (Å²) in [7, 11) is 0. The van der Waals surface area contributed by atoms with Crippen LogP contribution in [0.5, 0.6) is 17.2 Å². The monoisotopic (exact) mass is 419 g/mol. The number of carboxylic acids is 1. The molecule has 4 N–H and O–H groups in total. The van der Waals surface area contributed by atoms with E-state index in [0.717, 1.165) is 11.6 Å². The molecule has 0 radical (unpaired) electrons. The first-order valence-electron chi connectivity index (χ1n) is 9.72. The number of ketones is 1. The molecule has 3 aromatic rings. The molecule has 0 aliphatic carbocycles. The van der Waals surface area contributed by atoms with Crippen molar-refractivity contribution in [2.24, 2.45) is 0 Å². The molecule has 158 valence electrons. The van der Waals surface area contributed by atoms with E-state index in [1.165, 1.54) is 12.1 Å². The molecule has 0 amide bonds. The Bertz CT molecular complexity index is 1170. The highest BCUT2D eigenvalue weighted by Crippen LogP contribution is 2.41. The van der Waals surface area contributed by atoms with Crippen LogP contribution in [-0.2, 0) is 13.2 Å². The highest BCUT2D eigenvalue weighted by molar-refractivity contribution is 6.06. The predicted molar refractivity (Wildman–Crippen MR) is 113 cm³/mol. The number of rotatable bonds is 6. The Labute approximate surface area is 178 Å². The number of carbonyl (C=O) groups is 2. The molecule has 0 fully saturated rings. The van der Waals surface area contributed by atoms with Crippen LogP contribution in [0.3, 0.4) is 0 Å². The fourth-order valence-corrected chi connectivity index (χ4v) is 3.75. The lowest BCUT2D eigenvalue weighted by atomic mass is 9.93. The number of aromatic hydroxyl groups is 2. The third-order valence-corrected chi connectivity index (χ3v) is 5.41. The smallest absolute Gasteiger partial charge is 0.335 e. The summed E-state index contributed by atoms with van der Waals surface area (Å²) < 4.78 is 5.89. The Morgan fingerprint density at radius 3 is 2.52 bits per heavy atom. The van der Waals surface area contributed by atoms with E-state index in [1.807, 2.05) is 30.3 Å². The summed E-state index contributed by atoms with van der Waals surface area (Å²) in [5, 5.41) is 33.0. The summed E-state index contributed by atoms with van der Waals surface area (Å²) in [6.07, 6.45) is 0. The zero-order valence-corrected chi connectivity index (χ0v) is 16.8. The van der Waals surface area contributed by atoms with E-state index in [2.05, 4.69) is 5.32 Å². The minimum atomic E-state index is -1.04. The number of hydrogen-bond acceptors (Lipinski definition) is 6. The lowest BCUT2D eigenvalue weighted by molar-refractivity contribution is 0.0696. The molecule has 1 aliphatic heterocycles. The Hall–Kier alpha value is -3.84. The van der Waals surface area contributed by atoms with Gasteiger partial charge in [-0.05, 0) is 35.7 Å². The Kier molecular flexibility index (Phi) is 5.35. The minimum Gasteiger partial charge on any atom is -0.507 e. The lowest BCUT2D eigenvalue weighted by Crippen LogP contribution is -2.23. The van der Waals surface area contributed by atoms with Crippen molar-refractivity contribution in [3.63, 3.8) is 0 Å². The topological polar surface area (TPSA) is 116 Å². The first kappa shape index (κ1) is 20.4. The maximum atomic E-state index is 13.4. The van der Waals surface area contributed by atoms with E-state index in [0.29, 0.717) is 23.2 Å². The SMILES string of the molecule is Cc1c(O)cc(O)c(C(=O)C2NCc3cc(C(=O)O)ccc32)c1OCc1ccccc1. The molecular weight excluding hydrogens is 398 g/mol. The van der Waals surface area contributed by atoms with Gasteiger partial charge in [0.05, 0.1) is 11.6 Å². The average molecular weight is 419 g/mol. The molecule has 4 rings (SSSR count). The van der Waals surface area contributed by atoms with Crippen LogP contribution >= 0.6 is 0 Å². The zero-order valence-electron chi connectivity index (χ0n) is 16.8. The van der Waals surface area contributed by atoms with Crippen molar-refractivity contribution in [1.82, 2.24) is 5.32 Å². The number of fused-ring (bicyclic) bond motifs is 1. The molecule has 0 saturated carbocycles. The van der Waals surface area contributed by atoms with Crippen LogP contribution in [0.1, 0.15) is 49.0 Å². The molecule has 3 aromatic carbocycles. The van der Waals surface area contributed by atoms with E-state index < -0.39 is 17.8 Å². The van der Waals surface area contributed by atoms with Crippen molar-refractivity contribution in [2.75, 3.05) is 0 Å². The predicted octanol–water partition coefficient (Wildman–Crippen LogP) is 3.71. The van der Waals surface area contributed by atoms with Crippen LogP contribution in [0, 0.1) is 6.92 Å². The van der Waals surface area contributed by atoms with E-state index >= 15 is 0 Å². The van der Waals surface area contributed by atoms with Gasteiger partial charge in [0.15, 0.2) is 5.78 Å². The number of phenolic OH excluding ortho intramolecular Hbond substituents is 2. The largest absolute Gasteiger partial charge is 0.507 e. The highest BCUT2D eigenvalue weighted by Gasteiger charge is 2.34. The fraction of sp³-hybridized carbons (Fsp3) is 0.167. The molecule has 0 bridgehead atoms. The van der Waals surface area contributed by atoms with E-state index in [1.54, 1.807) is 13.0 Å². The van der Waals surface area contributed by atoms with Gasteiger partial charge in [0.1, 0.15) is 29.4 Å². The number of carboxylic acid groups (broad SMARTS) is 1. The molecule has 0 spiro atoms. The van der Waals surface area contributed by atoms with Crippen molar-refractivity contribution in [2.45, 2.75) is 26.1 Å². The van der Waals surface area contributed by atoms with Gasteiger partial charge in [-0.1, -0.05) is 36.4 Å². The summed E-state index contributed by atoms with van der Waals surface area (Å²) in [5.41, 5.74) is 2.68. The van der Waals surface area contributed by atoms with Gasteiger partial charge >= 0.3 is 5.97 Å². The van der Waals surface area contributed by atoms with Gasteiger partial charge < -0.3 is 20.1 Å². The molecule has 1 unspecified atom stereocenters. The number of phenols is 2. The minimum absolute atomic E-state index is 0.0288. The molecular formula is C24H21NO6. The zero-order chi connectivity index (χ0) is 22.1. The molecule has 0 aromatic heterocycles. The normalized spacial score (nSPS) is 14.8. The van der Waals surface area contributed by atoms with Gasteiger partial charge in [-0.15, -0.1) is 0 Å². The number of carbonyl (C=O) groups excluding carboxylic acids is 1. The average Bonchev–Trinajstić information content (AvgIpc) is 3.18. The Morgan fingerprint density at radius 2 is 1.81 bits per heavy atom. The molecule has 1 aliphatic rings. The van der Waals surface area contributed by atoms with Gasteiger partial charge in [-0.25, -0.2) is 4.79 Å². The van der Waals surface area contributed by atoms with Crippen LogP contribution in [-0.4, -0.2) is 27.1 Å². The summed E-state index contributed by atoms with van der Waals surface area (Å²) >= 11 is 0. The summed E-state index contributed by atoms with van der Waals surface area (Å²) in [4.78, 5) is 24.7. The number of Topliss-reactive ketones (excluding diaryl/α,β-unsaturated/α-hetero) is 1. The fourth-order valence-electron chi connectivity index (χ4n) is 3.75. The molecule has 7 heteroatoms. The standard InChI is InChI=1S/C24H21NO6/c1-13-18(26)10-19(27)20(23(13)31-12-14-5-3-2-4-6-14)22(28)21-17-8-7-15(24(29)30)9-16(17)11-25-21/h2-10,21,25-27H,11-12H2,1H3,(H,29,30). The van der Waals surface area contributed by atoms with Gasteiger partial charge in [0.2, 0.25) is 0 Å². The second-order valence-electron chi connectivity index (χ2n) is 7.42. The Balaban J connectivity index is 1.70. The molecule has 31 heavy (non-hydrogen) atoms. The van der Waals surface area contributed by atoms with Crippen LogP contribution in [0.2, 0.25) is 0 Å². The summed E-state index contributed by atoms with van der Waals surface area (Å²) in [5.74, 6) is -1.91. The number of aromatic carboxylic acids is 1. The maximum Gasteiger partial charge on any atom is 0.335 e. The first-order valence-corrected chi connectivity index (χ1v) is 9.72. The van der Waals surface area contributed by atoms with Crippen LogP contribution in [0.15, 0.2) is 54.6 Å². The van der Waals surface area contributed by atoms with E-state index in [-0.39, 0.29) is 35.0 Å². The maximum absolute atomic E-state index is 13.4. The number of hydrogen-bond donors (Lipinski definition) is 4. The van der Waals surface area contributed by atoms with Crippen molar-refractivity contribution in [1.29, 1.82) is 0 Å². The molecule has 0 saturated heterocycles. The van der Waals surface area contributed by atoms with Crippen LogP contribution in [0.25, 0.3) is 0 Å². The van der Waals surface area contributed by atoms with Crippen molar-refractivity contribution in [3.05, 3.63) is 88.0 Å². The number of nitrogens with one attached hydrogen (secondary N) is 1. The number of ether oxygens (including phenoxy) is 1. The quantitative estimate of drug-likeness (QED) is 0.450. The third-order valence-electron chi connectivity index (χ3n) is 5.41. The molecule has 7 nitrogen and oxygen atoms in total. The van der Waals surface area contributed by atoms with Crippen molar-refractivity contribution >= 4 is 11.8 Å².